The van der Waals surface area contributed by atoms with Crippen molar-refractivity contribution in [3.8, 4) is 0 Å². The Balaban J connectivity index is 3.64. The van der Waals surface area contributed by atoms with E-state index in [0.717, 1.165) is 12.8 Å². The molecule has 0 aromatic rings. The molecule has 0 aliphatic carbocycles. The Kier molecular flexibility index (Phi) is 8.09. The topological polar surface area (TPSA) is 46.6 Å². The molecule has 0 rings (SSSR count). The third kappa shape index (κ3) is 7.19. The first kappa shape index (κ1) is 14.2. The van der Waals surface area contributed by atoms with E-state index in [4.69, 9.17) is 11.6 Å². The van der Waals surface area contributed by atoms with Crippen LogP contribution in [0.2, 0.25) is 0 Å². The molecule has 0 aromatic heterocycles. The lowest BCUT2D eigenvalue weighted by molar-refractivity contribution is -0.141. The van der Waals surface area contributed by atoms with E-state index in [1.165, 1.54) is 7.11 Å². The number of carbonyl (C=O) groups excluding carboxylic acids is 2. The minimum absolute atomic E-state index is 0.0454. The van der Waals surface area contributed by atoms with Crippen LogP contribution in [-0.4, -0.2) is 43.4 Å². The zero-order valence-corrected chi connectivity index (χ0v) is 10.0. The molecule has 0 aliphatic heterocycles. The Morgan fingerprint density at radius 1 is 1.27 bits per heavy atom. The lowest BCUT2D eigenvalue weighted by Gasteiger charge is -2.16. The molecule has 0 heterocycles. The van der Waals surface area contributed by atoms with Gasteiger partial charge in [-0.25, -0.2) is 0 Å². The number of amides is 1. The number of carbonyl (C=O) groups is 2. The van der Waals surface area contributed by atoms with Gasteiger partial charge < -0.3 is 9.64 Å². The van der Waals surface area contributed by atoms with Crippen LogP contribution in [0.3, 0.4) is 0 Å². The predicted octanol–water partition coefficient (Wildman–Crippen LogP) is 1.42. The largest absolute Gasteiger partial charge is 0.469 e. The molecule has 5 heteroatoms. The Hall–Kier alpha value is -0.770. The molecule has 1 amide bonds. The van der Waals surface area contributed by atoms with Gasteiger partial charge in [-0.15, -0.1) is 11.6 Å². The fourth-order valence-electron chi connectivity index (χ4n) is 1.05. The molecule has 0 aromatic carbocycles. The highest BCUT2D eigenvalue weighted by molar-refractivity contribution is 6.17. The van der Waals surface area contributed by atoms with E-state index in [-0.39, 0.29) is 18.3 Å². The fraction of sp³-hybridized carbons (Fsp3) is 0.800. The summed E-state index contributed by atoms with van der Waals surface area (Å²) in [5.41, 5.74) is 0. The monoisotopic (exact) mass is 235 g/mol. The second kappa shape index (κ2) is 8.53. The Bertz CT molecular complexity index is 209. The van der Waals surface area contributed by atoms with Crippen molar-refractivity contribution in [2.24, 2.45) is 0 Å². The van der Waals surface area contributed by atoms with Gasteiger partial charge in [0.25, 0.3) is 0 Å². The lowest BCUT2D eigenvalue weighted by atomic mass is 10.2. The molecule has 0 fully saturated rings. The van der Waals surface area contributed by atoms with E-state index >= 15 is 0 Å². The molecule has 0 radical (unpaired) electrons. The predicted molar refractivity (Wildman–Crippen MR) is 58.8 cm³/mol. The Labute approximate surface area is 95.5 Å². The second-order valence-electron chi connectivity index (χ2n) is 3.29. The van der Waals surface area contributed by atoms with Crippen LogP contribution < -0.4 is 0 Å². The summed E-state index contributed by atoms with van der Waals surface area (Å²) in [5, 5.41) is 0. The number of halogens is 1. The van der Waals surface area contributed by atoms with Gasteiger partial charge in [0, 0.05) is 25.9 Å². The summed E-state index contributed by atoms with van der Waals surface area (Å²) in [5.74, 6) is 0.332. The first-order chi connectivity index (χ1) is 7.11. The zero-order chi connectivity index (χ0) is 11.7. The summed E-state index contributed by atoms with van der Waals surface area (Å²) in [7, 11) is 3.02. The van der Waals surface area contributed by atoms with Crippen LogP contribution in [0.4, 0.5) is 0 Å². The Morgan fingerprint density at radius 3 is 2.47 bits per heavy atom. The van der Waals surface area contributed by atoms with Crippen molar-refractivity contribution in [1.82, 2.24) is 4.90 Å². The molecule has 4 nitrogen and oxygen atoms in total. The summed E-state index contributed by atoms with van der Waals surface area (Å²) in [6.45, 7) is 0.409. The van der Waals surface area contributed by atoms with E-state index in [1.807, 2.05) is 0 Å². The zero-order valence-electron chi connectivity index (χ0n) is 9.29. The quantitative estimate of drug-likeness (QED) is 0.381. The van der Waals surface area contributed by atoms with E-state index in [1.54, 1.807) is 11.9 Å². The van der Waals surface area contributed by atoms with E-state index in [9.17, 15) is 9.59 Å². The number of methoxy groups -OCH3 is 1. The highest BCUT2D eigenvalue weighted by Gasteiger charge is 2.10. The van der Waals surface area contributed by atoms with Crippen LogP contribution in [0.25, 0.3) is 0 Å². The van der Waals surface area contributed by atoms with Gasteiger partial charge in [-0.05, 0) is 12.8 Å². The SMILES string of the molecule is COC(=O)CCN(C)C(=O)CCCCCl. The molecular weight excluding hydrogens is 218 g/mol. The van der Waals surface area contributed by atoms with Gasteiger partial charge in [0.05, 0.1) is 13.5 Å². The number of rotatable bonds is 7. The van der Waals surface area contributed by atoms with Gasteiger partial charge >= 0.3 is 5.97 Å². The van der Waals surface area contributed by atoms with Crippen molar-refractivity contribution < 1.29 is 14.3 Å². The van der Waals surface area contributed by atoms with Crippen LogP contribution >= 0.6 is 11.6 Å². The van der Waals surface area contributed by atoms with Gasteiger partial charge in [-0.1, -0.05) is 0 Å². The van der Waals surface area contributed by atoms with Gasteiger partial charge in [-0.2, -0.15) is 0 Å². The lowest BCUT2D eigenvalue weighted by Crippen LogP contribution is -2.29. The van der Waals surface area contributed by atoms with Crippen LogP contribution in [-0.2, 0) is 14.3 Å². The number of nitrogens with zero attached hydrogens (tertiary/aromatic N) is 1. The molecular formula is C10H18ClNO3. The first-order valence-corrected chi connectivity index (χ1v) is 5.52. The third-order valence-corrected chi connectivity index (χ3v) is 2.35. The molecule has 0 bridgehead atoms. The molecule has 0 N–H and O–H groups in total. The van der Waals surface area contributed by atoms with Gasteiger partial charge in [0.2, 0.25) is 5.91 Å². The summed E-state index contributed by atoms with van der Waals surface area (Å²) in [4.78, 5) is 23.8. The van der Waals surface area contributed by atoms with Gasteiger partial charge in [0.15, 0.2) is 0 Å². The van der Waals surface area contributed by atoms with Crippen LogP contribution in [0, 0.1) is 0 Å². The second-order valence-corrected chi connectivity index (χ2v) is 3.67. The van der Waals surface area contributed by atoms with Crippen LogP contribution in [0.1, 0.15) is 25.7 Å². The minimum Gasteiger partial charge on any atom is -0.469 e. The average Bonchev–Trinajstić information content (AvgIpc) is 2.25. The van der Waals surface area contributed by atoms with Crippen molar-refractivity contribution in [2.75, 3.05) is 26.6 Å². The number of ether oxygens (including phenoxy) is 1. The average molecular weight is 236 g/mol. The van der Waals surface area contributed by atoms with Crippen molar-refractivity contribution in [3.05, 3.63) is 0 Å². The van der Waals surface area contributed by atoms with Crippen molar-refractivity contribution in [2.45, 2.75) is 25.7 Å². The number of hydrogen-bond donors (Lipinski definition) is 0. The summed E-state index contributed by atoms with van der Waals surface area (Å²) >= 11 is 5.50. The molecule has 0 atom stereocenters. The number of unbranched alkanes of at least 4 members (excludes halogenated alkanes) is 1. The molecule has 0 saturated heterocycles. The van der Waals surface area contributed by atoms with Crippen molar-refractivity contribution in [1.29, 1.82) is 0 Å². The molecule has 15 heavy (non-hydrogen) atoms. The molecule has 88 valence electrons. The normalized spacial score (nSPS) is 9.80. The molecule has 0 unspecified atom stereocenters. The van der Waals surface area contributed by atoms with Gasteiger partial charge in [-0.3, -0.25) is 9.59 Å². The van der Waals surface area contributed by atoms with Gasteiger partial charge in [0.1, 0.15) is 0 Å². The molecule has 0 spiro atoms. The van der Waals surface area contributed by atoms with Crippen LogP contribution in [0.15, 0.2) is 0 Å². The Morgan fingerprint density at radius 2 is 1.93 bits per heavy atom. The molecule has 0 saturated carbocycles. The van der Waals surface area contributed by atoms with Crippen LogP contribution in [0.5, 0.6) is 0 Å². The van der Waals surface area contributed by atoms with E-state index < -0.39 is 0 Å². The number of esters is 1. The summed E-state index contributed by atoms with van der Waals surface area (Å²) in [6, 6.07) is 0. The third-order valence-electron chi connectivity index (χ3n) is 2.08. The van der Waals surface area contributed by atoms with Crippen molar-refractivity contribution in [3.63, 3.8) is 0 Å². The maximum Gasteiger partial charge on any atom is 0.307 e. The highest BCUT2D eigenvalue weighted by atomic mass is 35.5. The maximum absolute atomic E-state index is 11.4. The fourth-order valence-corrected chi connectivity index (χ4v) is 1.24. The molecule has 0 aliphatic rings. The van der Waals surface area contributed by atoms with E-state index in [2.05, 4.69) is 4.74 Å². The summed E-state index contributed by atoms with van der Waals surface area (Å²) in [6.07, 6.45) is 2.38. The van der Waals surface area contributed by atoms with Crippen molar-refractivity contribution >= 4 is 23.5 Å². The summed E-state index contributed by atoms with van der Waals surface area (Å²) < 4.78 is 4.48. The smallest absolute Gasteiger partial charge is 0.307 e. The first-order valence-electron chi connectivity index (χ1n) is 4.98. The maximum atomic E-state index is 11.4. The highest BCUT2D eigenvalue weighted by Crippen LogP contribution is 2.01. The number of alkyl halides is 1. The van der Waals surface area contributed by atoms with E-state index in [0.29, 0.717) is 18.8 Å². The number of hydrogen-bond acceptors (Lipinski definition) is 3. The minimum atomic E-state index is -0.296. The standard InChI is InChI=1S/C10H18ClNO3/c1-12(8-6-10(14)15-2)9(13)5-3-4-7-11/h3-8H2,1-2H3.